The summed E-state index contributed by atoms with van der Waals surface area (Å²) in [5.74, 6) is 1.01. The molecule has 0 spiro atoms. The number of methoxy groups -OCH3 is 1. The first-order valence-corrected chi connectivity index (χ1v) is 8.31. The van der Waals surface area contributed by atoms with Gasteiger partial charge in [0.2, 0.25) is 0 Å². The molecule has 0 saturated carbocycles. The first-order chi connectivity index (χ1) is 10.9. The van der Waals surface area contributed by atoms with Gasteiger partial charge in [0.15, 0.2) is 0 Å². The molecule has 5 heteroatoms. The van der Waals surface area contributed by atoms with Crippen molar-refractivity contribution < 1.29 is 14.6 Å². The molecule has 2 rings (SSSR count). The second-order valence-electron chi connectivity index (χ2n) is 6.61. The Morgan fingerprint density at radius 1 is 1.52 bits per heavy atom. The van der Waals surface area contributed by atoms with Gasteiger partial charge in [0.25, 0.3) is 0 Å². The van der Waals surface area contributed by atoms with Crippen LogP contribution < -0.4 is 15.4 Å². The topological polar surface area (TPSA) is 70.6 Å². The first-order valence-electron chi connectivity index (χ1n) is 8.31. The lowest BCUT2D eigenvalue weighted by Crippen LogP contribution is -2.48. The predicted molar refractivity (Wildman–Crippen MR) is 90.7 cm³/mol. The number of aliphatic hydroxyl groups is 1. The maximum absolute atomic E-state index is 12.2. The summed E-state index contributed by atoms with van der Waals surface area (Å²) in [6, 6.07) is 5.68. The van der Waals surface area contributed by atoms with Crippen LogP contribution in [0, 0.1) is 5.92 Å². The number of carbonyl (C=O) groups is 1. The van der Waals surface area contributed by atoms with Gasteiger partial charge >= 0.3 is 6.03 Å². The lowest BCUT2D eigenvalue weighted by molar-refractivity contribution is 0.00784. The Hall–Kier alpha value is -1.75. The van der Waals surface area contributed by atoms with Crippen LogP contribution in [0.2, 0.25) is 0 Å². The summed E-state index contributed by atoms with van der Waals surface area (Å²) in [4.78, 5) is 12.2. The fraction of sp³-hybridized carbons (Fsp3) is 0.611. The van der Waals surface area contributed by atoms with Crippen LogP contribution in [-0.2, 0) is 6.42 Å². The zero-order chi connectivity index (χ0) is 17.0. The van der Waals surface area contributed by atoms with Gasteiger partial charge in [-0.25, -0.2) is 4.79 Å². The van der Waals surface area contributed by atoms with Gasteiger partial charge in [0.1, 0.15) is 5.75 Å². The molecule has 1 aliphatic carbocycles. The number of urea groups is 1. The highest BCUT2D eigenvalue weighted by Gasteiger charge is 2.29. The van der Waals surface area contributed by atoms with E-state index in [2.05, 4.69) is 10.6 Å². The Morgan fingerprint density at radius 3 is 2.91 bits per heavy atom. The second-order valence-corrected chi connectivity index (χ2v) is 6.61. The van der Waals surface area contributed by atoms with Gasteiger partial charge < -0.3 is 20.5 Å². The van der Waals surface area contributed by atoms with E-state index >= 15 is 0 Å². The maximum Gasteiger partial charge on any atom is 0.315 e. The van der Waals surface area contributed by atoms with E-state index in [0.717, 1.165) is 30.6 Å². The molecule has 0 fully saturated rings. The third kappa shape index (κ3) is 3.96. The van der Waals surface area contributed by atoms with Crippen molar-refractivity contribution in [1.29, 1.82) is 0 Å². The molecule has 3 unspecified atom stereocenters. The molecule has 0 saturated heterocycles. The molecule has 5 nitrogen and oxygen atoms in total. The smallest absolute Gasteiger partial charge is 0.315 e. The van der Waals surface area contributed by atoms with E-state index in [1.807, 2.05) is 32.0 Å². The van der Waals surface area contributed by atoms with Crippen molar-refractivity contribution >= 4 is 6.03 Å². The van der Waals surface area contributed by atoms with Crippen LogP contribution in [0.25, 0.3) is 0 Å². The number of hydrogen-bond acceptors (Lipinski definition) is 3. The quantitative estimate of drug-likeness (QED) is 0.755. The molecular weight excluding hydrogens is 292 g/mol. The molecule has 0 heterocycles. The minimum Gasteiger partial charge on any atom is -0.496 e. The Labute approximate surface area is 138 Å². The molecule has 3 atom stereocenters. The number of rotatable bonds is 6. The number of amides is 2. The molecule has 128 valence electrons. The van der Waals surface area contributed by atoms with Crippen LogP contribution in [0.1, 0.15) is 50.8 Å². The Balaban J connectivity index is 1.94. The minimum atomic E-state index is -0.900. The van der Waals surface area contributed by atoms with Crippen molar-refractivity contribution in [2.45, 2.75) is 51.7 Å². The number of carbonyl (C=O) groups excluding carboxylic acids is 1. The van der Waals surface area contributed by atoms with E-state index in [1.165, 1.54) is 5.56 Å². The zero-order valence-electron chi connectivity index (χ0n) is 14.5. The number of nitrogens with one attached hydrogen (secondary N) is 2. The molecule has 2 amide bonds. The SMILES string of the molecule is CCC(C)C(C)(O)CNC(=O)NC1CCc2c(OC)cccc21. The molecular formula is C18H28N2O3. The van der Waals surface area contributed by atoms with Crippen molar-refractivity contribution in [3.8, 4) is 5.75 Å². The third-order valence-corrected chi connectivity index (χ3v) is 5.03. The average molecular weight is 320 g/mol. The molecule has 0 radical (unpaired) electrons. The lowest BCUT2D eigenvalue weighted by Gasteiger charge is -2.30. The van der Waals surface area contributed by atoms with Crippen molar-refractivity contribution in [3.63, 3.8) is 0 Å². The van der Waals surface area contributed by atoms with Crippen LogP contribution >= 0.6 is 0 Å². The van der Waals surface area contributed by atoms with Crippen LogP contribution in [0.5, 0.6) is 5.75 Å². The molecule has 23 heavy (non-hydrogen) atoms. The summed E-state index contributed by atoms with van der Waals surface area (Å²) < 4.78 is 5.38. The van der Waals surface area contributed by atoms with Gasteiger partial charge in [-0.2, -0.15) is 0 Å². The number of ether oxygens (including phenoxy) is 1. The van der Waals surface area contributed by atoms with E-state index in [0.29, 0.717) is 0 Å². The van der Waals surface area contributed by atoms with Crippen molar-refractivity contribution in [3.05, 3.63) is 29.3 Å². The Morgan fingerprint density at radius 2 is 2.26 bits per heavy atom. The monoisotopic (exact) mass is 320 g/mol. The fourth-order valence-corrected chi connectivity index (χ4v) is 3.04. The Bertz CT molecular complexity index is 557. The molecule has 1 aliphatic rings. The summed E-state index contributed by atoms with van der Waals surface area (Å²) in [5.41, 5.74) is 1.39. The van der Waals surface area contributed by atoms with Gasteiger partial charge in [-0.05, 0) is 42.9 Å². The number of fused-ring (bicyclic) bond motifs is 1. The van der Waals surface area contributed by atoms with Gasteiger partial charge in [-0.15, -0.1) is 0 Å². The van der Waals surface area contributed by atoms with Gasteiger partial charge in [0, 0.05) is 6.54 Å². The van der Waals surface area contributed by atoms with Crippen molar-refractivity contribution in [2.24, 2.45) is 5.92 Å². The highest BCUT2D eigenvalue weighted by Crippen LogP contribution is 2.36. The fourth-order valence-electron chi connectivity index (χ4n) is 3.04. The number of benzene rings is 1. The van der Waals surface area contributed by atoms with Crippen LogP contribution in [-0.4, -0.2) is 30.4 Å². The second kappa shape index (κ2) is 7.21. The molecule has 0 aromatic heterocycles. The summed E-state index contributed by atoms with van der Waals surface area (Å²) in [7, 11) is 1.67. The molecule has 3 N–H and O–H groups in total. The van der Waals surface area contributed by atoms with E-state index in [-0.39, 0.29) is 24.5 Å². The van der Waals surface area contributed by atoms with E-state index in [9.17, 15) is 9.90 Å². The standard InChI is InChI=1S/C18H28N2O3/c1-5-12(2)18(3,22)11-19-17(21)20-15-10-9-14-13(15)7-6-8-16(14)23-4/h6-8,12,15,22H,5,9-11H2,1-4H3,(H2,19,20,21). The van der Waals surface area contributed by atoms with Crippen LogP contribution in [0.15, 0.2) is 18.2 Å². The number of hydrogen-bond donors (Lipinski definition) is 3. The molecule has 0 bridgehead atoms. The summed E-state index contributed by atoms with van der Waals surface area (Å²) >= 11 is 0. The van der Waals surface area contributed by atoms with Gasteiger partial charge in [-0.1, -0.05) is 32.4 Å². The summed E-state index contributed by atoms with van der Waals surface area (Å²) in [5, 5.41) is 16.2. The van der Waals surface area contributed by atoms with E-state index < -0.39 is 5.60 Å². The van der Waals surface area contributed by atoms with Gasteiger partial charge in [0.05, 0.1) is 18.8 Å². The molecule has 0 aliphatic heterocycles. The van der Waals surface area contributed by atoms with Crippen LogP contribution in [0.3, 0.4) is 0 Å². The van der Waals surface area contributed by atoms with Crippen molar-refractivity contribution in [1.82, 2.24) is 10.6 Å². The van der Waals surface area contributed by atoms with Crippen molar-refractivity contribution in [2.75, 3.05) is 13.7 Å². The summed E-state index contributed by atoms with van der Waals surface area (Å²) in [6.07, 6.45) is 2.63. The highest BCUT2D eigenvalue weighted by atomic mass is 16.5. The summed E-state index contributed by atoms with van der Waals surface area (Å²) in [6.45, 7) is 6.02. The minimum absolute atomic E-state index is 0.00588. The maximum atomic E-state index is 12.2. The van der Waals surface area contributed by atoms with Crippen LogP contribution in [0.4, 0.5) is 4.79 Å². The highest BCUT2D eigenvalue weighted by molar-refractivity contribution is 5.74. The van der Waals surface area contributed by atoms with Gasteiger partial charge in [-0.3, -0.25) is 0 Å². The van der Waals surface area contributed by atoms with E-state index in [4.69, 9.17) is 4.74 Å². The predicted octanol–water partition coefficient (Wildman–Crippen LogP) is 2.78. The molecule has 1 aromatic rings. The zero-order valence-corrected chi connectivity index (χ0v) is 14.5. The van der Waals surface area contributed by atoms with E-state index in [1.54, 1.807) is 14.0 Å². The Kier molecular flexibility index (Phi) is 5.52. The average Bonchev–Trinajstić information content (AvgIpc) is 2.95. The largest absolute Gasteiger partial charge is 0.496 e. The normalized spacial score (nSPS) is 20.3. The molecule has 1 aromatic carbocycles. The third-order valence-electron chi connectivity index (χ3n) is 5.03. The first kappa shape index (κ1) is 17.6. The lowest BCUT2D eigenvalue weighted by atomic mass is 9.89.